The van der Waals surface area contributed by atoms with E-state index < -0.39 is 12.6 Å². The summed E-state index contributed by atoms with van der Waals surface area (Å²) in [6, 6.07) is 11.6. The van der Waals surface area contributed by atoms with Crippen LogP contribution in [0, 0.1) is 0 Å². The zero-order valence-corrected chi connectivity index (χ0v) is 16.8. The van der Waals surface area contributed by atoms with Crippen molar-refractivity contribution in [1.29, 1.82) is 0 Å². The molecule has 3 aromatic rings. The molecule has 0 fully saturated rings. The molecule has 0 saturated heterocycles. The molecule has 164 valence electrons. The highest BCUT2D eigenvalue weighted by Gasteiger charge is 2.16. The molecule has 0 spiro atoms. The Morgan fingerprint density at radius 2 is 1.94 bits per heavy atom. The van der Waals surface area contributed by atoms with Crippen molar-refractivity contribution in [3.63, 3.8) is 0 Å². The molecule has 0 bridgehead atoms. The third-order valence-electron chi connectivity index (χ3n) is 4.16. The summed E-state index contributed by atoms with van der Waals surface area (Å²) in [5.74, 6) is 0.213. The van der Waals surface area contributed by atoms with Crippen molar-refractivity contribution in [3.8, 4) is 28.6 Å². The average Bonchev–Trinajstić information content (AvgIpc) is 3.25. The Labute approximate surface area is 176 Å². The minimum Gasteiger partial charge on any atom is -0.493 e. The van der Waals surface area contributed by atoms with Gasteiger partial charge in [-0.15, -0.1) is 0 Å². The van der Waals surface area contributed by atoms with Gasteiger partial charge in [0.15, 0.2) is 24.7 Å². The van der Waals surface area contributed by atoms with Crippen molar-refractivity contribution < 1.29 is 37.0 Å². The summed E-state index contributed by atoms with van der Waals surface area (Å²) in [4.78, 5) is 16.1. The Morgan fingerprint density at radius 1 is 1.13 bits per heavy atom. The van der Waals surface area contributed by atoms with Crippen molar-refractivity contribution in [2.45, 2.75) is 26.6 Å². The summed E-state index contributed by atoms with van der Waals surface area (Å²) in [6.07, 6.45) is 0.774. The van der Waals surface area contributed by atoms with Gasteiger partial charge in [-0.1, -0.05) is 30.3 Å². The standard InChI is InChI=1S/C21H20F2N2O6/c1-3-13-6-4-5-7-15(13)28-12-19(26)29-11-18-24-20(25-31-18)14-8-9-16(30-21(22)23)17(10-14)27-2/h4-10,21H,3,11-12H2,1-2H3. The van der Waals surface area contributed by atoms with Gasteiger partial charge in [0.2, 0.25) is 5.82 Å². The number of ether oxygens (including phenoxy) is 4. The Hall–Kier alpha value is -3.69. The van der Waals surface area contributed by atoms with E-state index in [9.17, 15) is 13.6 Å². The van der Waals surface area contributed by atoms with Crippen molar-refractivity contribution in [2.24, 2.45) is 0 Å². The van der Waals surface area contributed by atoms with Gasteiger partial charge in [-0.25, -0.2) is 4.79 Å². The first-order chi connectivity index (χ1) is 15.0. The van der Waals surface area contributed by atoms with E-state index in [1.165, 1.54) is 25.3 Å². The van der Waals surface area contributed by atoms with Crippen molar-refractivity contribution in [2.75, 3.05) is 13.7 Å². The summed E-state index contributed by atoms with van der Waals surface area (Å²) in [5, 5.41) is 3.79. The summed E-state index contributed by atoms with van der Waals surface area (Å²) in [5.41, 5.74) is 1.43. The zero-order chi connectivity index (χ0) is 22.2. The van der Waals surface area contributed by atoms with E-state index in [2.05, 4.69) is 14.9 Å². The van der Waals surface area contributed by atoms with Gasteiger partial charge < -0.3 is 23.5 Å². The van der Waals surface area contributed by atoms with Gasteiger partial charge in [-0.05, 0) is 36.2 Å². The lowest BCUT2D eigenvalue weighted by atomic mass is 10.1. The summed E-state index contributed by atoms with van der Waals surface area (Å²) >= 11 is 0. The number of hydrogen-bond donors (Lipinski definition) is 0. The number of carbonyl (C=O) groups is 1. The number of alkyl halides is 2. The first-order valence-corrected chi connectivity index (χ1v) is 9.32. The predicted molar refractivity (Wildman–Crippen MR) is 104 cm³/mol. The third-order valence-corrected chi connectivity index (χ3v) is 4.16. The molecule has 0 saturated carbocycles. The van der Waals surface area contributed by atoms with Gasteiger partial charge in [0, 0.05) is 5.56 Å². The molecule has 0 N–H and O–H groups in total. The van der Waals surface area contributed by atoms with E-state index in [0.29, 0.717) is 11.3 Å². The summed E-state index contributed by atoms with van der Waals surface area (Å²) in [7, 11) is 1.32. The molecule has 0 radical (unpaired) electrons. The second-order valence-corrected chi connectivity index (χ2v) is 6.17. The van der Waals surface area contributed by atoms with Crippen LogP contribution >= 0.6 is 0 Å². The topological polar surface area (TPSA) is 92.9 Å². The van der Waals surface area contributed by atoms with Crippen LogP contribution < -0.4 is 14.2 Å². The van der Waals surface area contributed by atoms with Gasteiger partial charge in [0.05, 0.1) is 7.11 Å². The molecule has 2 aromatic carbocycles. The second-order valence-electron chi connectivity index (χ2n) is 6.17. The second kappa shape index (κ2) is 10.4. The Morgan fingerprint density at radius 3 is 2.68 bits per heavy atom. The summed E-state index contributed by atoms with van der Waals surface area (Å²) < 4.78 is 49.9. The molecular formula is C21H20F2N2O6. The molecule has 10 heteroatoms. The number of carbonyl (C=O) groups excluding carboxylic acids is 1. The fourth-order valence-electron chi connectivity index (χ4n) is 2.69. The molecule has 0 aliphatic rings. The summed E-state index contributed by atoms with van der Waals surface area (Å²) in [6.45, 7) is -1.50. The van der Waals surface area contributed by atoms with Gasteiger partial charge in [-0.3, -0.25) is 0 Å². The number of para-hydroxylation sites is 1. The van der Waals surface area contributed by atoms with E-state index >= 15 is 0 Å². The molecule has 3 rings (SSSR count). The lowest BCUT2D eigenvalue weighted by Gasteiger charge is -2.10. The van der Waals surface area contributed by atoms with Crippen LogP contribution in [0.1, 0.15) is 18.4 Å². The average molecular weight is 434 g/mol. The van der Waals surface area contributed by atoms with E-state index in [4.69, 9.17) is 18.7 Å². The molecule has 0 amide bonds. The van der Waals surface area contributed by atoms with Crippen LogP contribution in [0.5, 0.6) is 17.2 Å². The number of aryl methyl sites for hydroxylation is 1. The fraction of sp³-hybridized carbons (Fsp3) is 0.286. The number of methoxy groups -OCH3 is 1. The first-order valence-electron chi connectivity index (χ1n) is 9.32. The molecule has 0 aliphatic heterocycles. The number of esters is 1. The maximum atomic E-state index is 12.4. The van der Waals surface area contributed by atoms with Crippen LogP contribution in [-0.4, -0.2) is 36.4 Å². The third kappa shape index (κ3) is 5.91. The van der Waals surface area contributed by atoms with Gasteiger partial charge in [0.1, 0.15) is 5.75 Å². The molecule has 0 unspecified atom stereocenters. The molecular weight excluding hydrogens is 414 g/mol. The number of halogens is 2. The van der Waals surface area contributed by atoms with Crippen molar-refractivity contribution in [1.82, 2.24) is 10.1 Å². The number of hydrogen-bond acceptors (Lipinski definition) is 8. The molecule has 0 aliphatic carbocycles. The van der Waals surface area contributed by atoms with Crippen LogP contribution in [0.2, 0.25) is 0 Å². The molecule has 1 heterocycles. The van der Waals surface area contributed by atoms with Crippen LogP contribution in [0.3, 0.4) is 0 Å². The highest BCUT2D eigenvalue weighted by Crippen LogP contribution is 2.32. The fourth-order valence-corrected chi connectivity index (χ4v) is 2.69. The van der Waals surface area contributed by atoms with Crippen LogP contribution in [0.25, 0.3) is 11.4 Å². The molecule has 31 heavy (non-hydrogen) atoms. The Bertz CT molecular complexity index is 1020. The minimum atomic E-state index is -2.98. The van der Waals surface area contributed by atoms with Gasteiger partial charge in [-0.2, -0.15) is 13.8 Å². The highest BCUT2D eigenvalue weighted by atomic mass is 19.3. The number of aromatic nitrogens is 2. The lowest BCUT2D eigenvalue weighted by molar-refractivity contribution is -0.148. The zero-order valence-electron chi connectivity index (χ0n) is 16.8. The largest absolute Gasteiger partial charge is 0.493 e. The van der Waals surface area contributed by atoms with E-state index in [0.717, 1.165) is 12.0 Å². The maximum Gasteiger partial charge on any atom is 0.387 e. The van der Waals surface area contributed by atoms with Crippen LogP contribution in [0.15, 0.2) is 47.0 Å². The van der Waals surface area contributed by atoms with Gasteiger partial charge >= 0.3 is 12.6 Å². The first kappa shape index (κ1) is 22.0. The smallest absolute Gasteiger partial charge is 0.387 e. The number of nitrogens with zero attached hydrogens (tertiary/aromatic N) is 2. The number of rotatable bonds is 10. The van der Waals surface area contributed by atoms with Crippen LogP contribution in [0.4, 0.5) is 8.78 Å². The Balaban J connectivity index is 1.57. The van der Waals surface area contributed by atoms with Crippen LogP contribution in [-0.2, 0) is 22.6 Å². The van der Waals surface area contributed by atoms with Crippen molar-refractivity contribution >= 4 is 5.97 Å². The highest BCUT2D eigenvalue weighted by molar-refractivity contribution is 5.71. The van der Waals surface area contributed by atoms with E-state index in [1.54, 1.807) is 6.07 Å². The van der Waals surface area contributed by atoms with E-state index in [-0.39, 0.29) is 36.4 Å². The monoisotopic (exact) mass is 434 g/mol. The van der Waals surface area contributed by atoms with E-state index in [1.807, 2.05) is 25.1 Å². The molecule has 1 aromatic heterocycles. The normalized spacial score (nSPS) is 10.7. The SMILES string of the molecule is CCc1ccccc1OCC(=O)OCc1nc(-c2ccc(OC(F)F)c(OC)c2)no1. The van der Waals surface area contributed by atoms with Gasteiger partial charge in [0.25, 0.3) is 5.89 Å². The quantitative estimate of drug-likeness (QED) is 0.442. The predicted octanol–water partition coefficient (Wildman–Crippen LogP) is 4.03. The molecule has 0 atom stereocenters. The lowest BCUT2D eigenvalue weighted by Crippen LogP contribution is -2.15. The number of benzene rings is 2. The molecule has 8 nitrogen and oxygen atoms in total. The maximum absolute atomic E-state index is 12.4. The van der Waals surface area contributed by atoms with Crippen molar-refractivity contribution in [3.05, 3.63) is 53.9 Å². The Kier molecular flexibility index (Phi) is 7.36. The minimum absolute atomic E-state index is 0.0594.